The van der Waals surface area contributed by atoms with E-state index in [1.165, 1.54) is 44.7 Å². The summed E-state index contributed by atoms with van der Waals surface area (Å²) in [5.74, 6) is -1.74. The van der Waals surface area contributed by atoms with Crippen molar-refractivity contribution in [1.29, 1.82) is 0 Å². The van der Waals surface area contributed by atoms with Crippen LogP contribution in [0.1, 0.15) is 86.9 Å². The molecule has 0 heterocycles. The van der Waals surface area contributed by atoms with Crippen LogP contribution in [0.5, 0.6) is 0 Å². The molecule has 0 aromatic heterocycles. The number of unbranched alkanes of at least 4 members (excludes halogenated alkanes) is 3. The molecule has 7 nitrogen and oxygen atoms in total. The van der Waals surface area contributed by atoms with E-state index in [4.69, 9.17) is 0 Å². The average molecular weight is 505 g/mol. The van der Waals surface area contributed by atoms with E-state index in [2.05, 4.69) is 37.2 Å². The molecule has 33 heavy (non-hydrogen) atoms. The zero-order valence-corrected chi connectivity index (χ0v) is 22.7. The third kappa shape index (κ3) is 11.5. The van der Waals surface area contributed by atoms with Crippen LogP contribution in [0.3, 0.4) is 0 Å². The van der Waals surface area contributed by atoms with Gasteiger partial charge in [-0.15, -0.1) is 0 Å². The minimum absolute atomic E-state index is 0.227. The standard InChI is InChI=1S/C14H32P.C10H10O7S/c1-5-9-12-15(8-4,13-10-6-2)14-11-7-3;1-16-9(11)6-3-7(10(12)17-2)5-8(4-6)18(13,14)15/h5-14H2,1-4H3;3-5H,1-2H3,(H,13,14,15)/q+1;/p-1. The smallest absolute Gasteiger partial charge is 0.337 e. The number of esters is 2. The monoisotopic (exact) mass is 504 g/mol. The molecule has 0 atom stereocenters. The molecule has 0 aliphatic heterocycles. The third-order valence-corrected chi connectivity index (χ3v) is 11.6. The summed E-state index contributed by atoms with van der Waals surface area (Å²) in [6.45, 7) is 9.46. The maximum atomic E-state index is 11.3. The maximum absolute atomic E-state index is 11.3. The first-order valence-corrected chi connectivity index (χ1v) is 15.6. The second-order valence-electron chi connectivity index (χ2n) is 8.07. The predicted molar refractivity (Wildman–Crippen MR) is 134 cm³/mol. The molecule has 190 valence electrons. The van der Waals surface area contributed by atoms with Gasteiger partial charge in [-0.25, -0.2) is 18.0 Å². The summed E-state index contributed by atoms with van der Waals surface area (Å²) in [4.78, 5) is 21.9. The van der Waals surface area contributed by atoms with Gasteiger partial charge in [0.25, 0.3) is 0 Å². The Morgan fingerprint density at radius 2 is 1.15 bits per heavy atom. The van der Waals surface area contributed by atoms with Crippen molar-refractivity contribution in [2.45, 2.75) is 71.1 Å². The summed E-state index contributed by atoms with van der Waals surface area (Å²) in [5, 5.41) is 0. The predicted octanol–water partition coefficient (Wildman–Crippen LogP) is 5.59. The number of methoxy groups -OCH3 is 2. The number of carbonyl (C=O) groups excluding carboxylic acids is 2. The zero-order valence-electron chi connectivity index (χ0n) is 21.0. The second kappa shape index (κ2) is 16.2. The molecule has 1 rings (SSSR count). The molecular formula is C24H41O7PS. The van der Waals surface area contributed by atoms with Crippen LogP contribution < -0.4 is 0 Å². The van der Waals surface area contributed by atoms with E-state index in [1.807, 2.05) is 0 Å². The Morgan fingerprint density at radius 3 is 1.39 bits per heavy atom. The SMILES string of the molecule is CCCC[P+](CC)(CCCC)CCCC.COC(=O)c1cc(C(=O)OC)cc(S(=O)(=O)[O-])c1. The first-order valence-electron chi connectivity index (χ1n) is 11.7. The molecule has 0 unspecified atom stereocenters. The number of benzene rings is 1. The fourth-order valence-electron chi connectivity index (χ4n) is 3.51. The minimum Gasteiger partial charge on any atom is -0.744 e. The molecule has 0 saturated carbocycles. The van der Waals surface area contributed by atoms with Gasteiger partial charge in [-0.1, -0.05) is 40.0 Å². The van der Waals surface area contributed by atoms with Crippen molar-refractivity contribution in [3.05, 3.63) is 29.3 Å². The molecule has 1 aromatic carbocycles. The van der Waals surface area contributed by atoms with Crippen molar-refractivity contribution in [3.8, 4) is 0 Å². The lowest BCUT2D eigenvalue weighted by molar-refractivity contribution is 0.0598. The summed E-state index contributed by atoms with van der Waals surface area (Å²) in [6, 6.07) is 2.74. The van der Waals surface area contributed by atoms with Crippen LogP contribution in [-0.2, 0) is 19.6 Å². The van der Waals surface area contributed by atoms with Gasteiger partial charge in [-0.2, -0.15) is 0 Å². The van der Waals surface area contributed by atoms with E-state index in [-0.39, 0.29) is 11.1 Å². The molecule has 0 aliphatic carbocycles. The van der Waals surface area contributed by atoms with E-state index >= 15 is 0 Å². The van der Waals surface area contributed by atoms with Gasteiger partial charge in [0.15, 0.2) is 0 Å². The Morgan fingerprint density at radius 1 is 0.788 bits per heavy atom. The first kappa shape index (κ1) is 31.5. The van der Waals surface area contributed by atoms with Crippen molar-refractivity contribution in [2.24, 2.45) is 0 Å². The number of ether oxygens (including phenoxy) is 2. The fourth-order valence-corrected chi connectivity index (χ4v) is 8.63. The second-order valence-corrected chi connectivity index (χ2v) is 14.1. The maximum Gasteiger partial charge on any atom is 0.337 e. The van der Waals surface area contributed by atoms with E-state index in [1.54, 1.807) is 18.5 Å². The number of hydrogen-bond acceptors (Lipinski definition) is 7. The molecule has 0 fully saturated rings. The molecule has 0 radical (unpaired) electrons. The highest BCUT2D eigenvalue weighted by Gasteiger charge is 2.32. The van der Waals surface area contributed by atoms with Gasteiger partial charge in [-0.05, 0) is 44.4 Å². The van der Waals surface area contributed by atoms with Crippen LogP contribution in [0.2, 0.25) is 0 Å². The highest BCUT2D eigenvalue weighted by Crippen LogP contribution is 2.60. The van der Waals surface area contributed by atoms with Crippen LogP contribution in [0.15, 0.2) is 23.1 Å². The lowest BCUT2D eigenvalue weighted by Crippen LogP contribution is -2.11. The molecule has 0 amide bonds. The Bertz CT molecular complexity index is 781. The van der Waals surface area contributed by atoms with Crippen LogP contribution in [0, 0.1) is 0 Å². The lowest BCUT2D eigenvalue weighted by atomic mass is 10.1. The highest BCUT2D eigenvalue weighted by atomic mass is 32.2. The summed E-state index contributed by atoms with van der Waals surface area (Å²) in [7, 11) is -3.16. The first-order chi connectivity index (χ1) is 15.5. The van der Waals surface area contributed by atoms with E-state index < -0.39 is 34.2 Å². The van der Waals surface area contributed by atoms with Crippen molar-refractivity contribution < 1.29 is 32.0 Å². The molecule has 0 saturated heterocycles. The van der Waals surface area contributed by atoms with Crippen LogP contribution in [-0.4, -0.2) is 63.8 Å². The Kier molecular flexibility index (Phi) is 15.4. The number of carbonyl (C=O) groups is 2. The topological polar surface area (TPSA) is 110 Å². The van der Waals surface area contributed by atoms with E-state index in [0.717, 1.165) is 32.4 Å². The van der Waals surface area contributed by atoms with Gasteiger partial charge in [0.05, 0.1) is 54.9 Å². The molecule has 0 spiro atoms. The van der Waals surface area contributed by atoms with Gasteiger partial charge in [0.2, 0.25) is 0 Å². The van der Waals surface area contributed by atoms with Gasteiger partial charge in [0, 0.05) is 7.26 Å². The third-order valence-electron chi connectivity index (χ3n) is 5.67. The fraction of sp³-hybridized carbons (Fsp3) is 0.667. The van der Waals surface area contributed by atoms with Gasteiger partial charge in [-0.3, -0.25) is 0 Å². The Balaban J connectivity index is 0.000000633. The Labute approximate surface area is 200 Å². The van der Waals surface area contributed by atoms with Crippen LogP contribution in [0.4, 0.5) is 0 Å². The summed E-state index contributed by atoms with van der Waals surface area (Å²) in [5.41, 5.74) is -0.454. The number of rotatable bonds is 13. The van der Waals surface area contributed by atoms with Gasteiger partial charge in [0.1, 0.15) is 10.1 Å². The highest BCUT2D eigenvalue weighted by molar-refractivity contribution is 7.85. The number of hydrogen-bond donors (Lipinski definition) is 0. The Hall–Kier alpha value is -1.50. The normalized spacial score (nSPS) is 11.4. The van der Waals surface area contributed by atoms with Gasteiger partial charge >= 0.3 is 11.9 Å². The molecule has 0 bridgehead atoms. The average Bonchev–Trinajstić information content (AvgIpc) is 2.82. The van der Waals surface area contributed by atoms with Crippen LogP contribution >= 0.6 is 7.26 Å². The van der Waals surface area contributed by atoms with E-state index in [0.29, 0.717) is 0 Å². The summed E-state index contributed by atoms with van der Waals surface area (Å²) >= 11 is 0. The van der Waals surface area contributed by atoms with Crippen molar-refractivity contribution in [1.82, 2.24) is 0 Å². The molecule has 0 N–H and O–H groups in total. The molecular weight excluding hydrogens is 463 g/mol. The molecule has 1 aromatic rings. The van der Waals surface area contributed by atoms with Gasteiger partial charge < -0.3 is 14.0 Å². The zero-order chi connectivity index (χ0) is 25.5. The van der Waals surface area contributed by atoms with Crippen molar-refractivity contribution in [2.75, 3.05) is 38.9 Å². The lowest BCUT2D eigenvalue weighted by Gasteiger charge is -2.26. The molecule has 0 aliphatic rings. The van der Waals surface area contributed by atoms with Crippen molar-refractivity contribution in [3.63, 3.8) is 0 Å². The molecule has 9 heteroatoms. The minimum atomic E-state index is -4.80. The summed E-state index contributed by atoms with van der Waals surface area (Å²) in [6.07, 6.45) is 14.9. The van der Waals surface area contributed by atoms with Crippen LogP contribution in [0.25, 0.3) is 0 Å². The van der Waals surface area contributed by atoms with Crippen molar-refractivity contribution >= 4 is 29.3 Å². The largest absolute Gasteiger partial charge is 0.744 e. The van der Waals surface area contributed by atoms with E-state index in [9.17, 15) is 22.6 Å². The quantitative estimate of drug-likeness (QED) is 0.196. The summed E-state index contributed by atoms with van der Waals surface area (Å²) < 4.78 is 41.5.